The smallest absolute Gasteiger partial charge is 0.253 e. The number of oxazole rings is 1. The van der Waals surface area contributed by atoms with Gasteiger partial charge < -0.3 is 20.2 Å². The molecule has 1 aromatic heterocycles. The van der Waals surface area contributed by atoms with Crippen LogP contribution in [0.5, 0.6) is 0 Å². The van der Waals surface area contributed by atoms with Gasteiger partial charge in [-0.05, 0) is 44.9 Å². The Hall–Kier alpha value is -1.89. The Bertz CT molecular complexity index is 697. The summed E-state index contributed by atoms with van der Waals surface area (Å²) in [5.41, 5.74) is 7.96. The first-order valence-corrected chi connectivity index (χ1v) is 7.77. The van der Waals surface area contributed by atoms with E-state index < -0.39 is 6.10 Å². The first-order valence-electron chi connectivity index (χ1n) is 7.77. The Morgan fingerprint density at radius 1 is 1.38 bits per heavy atom. The highest BCUT2D eigenvalue weighted by Crippen LogP contribution is 2.25. The molecule has 24 heavy (non-hydrogen) atoms. The zero-order chi connectivity index (χ0) is 16.4. The summed E-state index contributed by atoms with van der Waals surface area (Å²) in [4.78, 5) is 16.6. The number of aromatic nitrogens is 1. The van der Waals surface area contributed by atoms with Crippen LogP contribution in [0.4, 0.5) is 5.69 Å². The van der Waals surface area contributed by atoms with Crippen molar-refractivity contribution in [2.75, 3.05) is 11.9 Å². The fourth-order valence-electron chi connectivity index (χ4n) is 2.62. The largest absolute Gasteiger partial charge is 0.441 e. The third-order valence-electron chi connectivity index (χ3n) is 4.07. The Labute approximate surface area is 147 Å². The van der Waals surface area contributed by atoms with Gasteiger partial charge in [0.1, 0.15) is 11.9 Å². The van der Waals surface area contributed by atoms with Crippen molar-refractivity contribution in [3.05, 3.63) is 35.7 Å². The number of hydrogen-bond acceptors (Lipinski definition) is 5. The first kappa shape index (κ1) is 18.4. The zero-order valence-corrected chi connectivity index (χ0v) is 14.6. The molecule has 0 saturated carbocycles. The van der Waals surface area contributed by atoms with Crippen molar-refractivity contribution in [3.63, 3.8) is 0 Å². The molecule has 1 saturated heterocycles. The van der Waals surface area contributed by atoms with Crippen LogP contribution in [-0.4, -0.2) is 29.6 Å². The van der Waals surface area contributed by atoms with Crippen LogP contribution in [0.15, 0.2) is 28.7 Å². The quantitative estimate of drug-likeness (QED) is 0.883. The van der Waals surface area contributed by atoms with E-state index in [-0.39, 0.29) is 24.4 Å². The number of hydrogen-bond donors (Lipinski definition) is 2. The van der Waals surface area contributed by atoms with Crippen LogP contribution in [-0.2, 0) is 9.53 Å². The highest BCUT2D eigenvalue weighted by Gasteiger charge is 2.29. The highest BCUT2D eigenvalue weighted by atomic mass is 35.5. The second-order valence-corrected chi connectivity index (χ2v) is 5.79. The predicted molar refractivity (Wildman–Crippen MR) is 94.2 cm³/mol. The van der Waals surface area contributed by atoms with E-state index in [4.69, 9.17) is 14.9 Å². The summed E-state index contributed by atoms with van der Waals surface area (Å²) in [6, 6.07) is 7.44. The lowest BCUT2D eigenvalue weighted by atomic mass is 10.1. The summed E-state index contributed by atoms with van der Waals surface area (Å²) in [5, 5.41) is 2.89. The van der Waals surface area contributed by atoms with Crippen LogP contribution in [0.1, 0.15) is 24.3 Å². The van der Waals surface area contributed by atoms with Gasteiger partial charge in [0.15, 0.2) is 0 Å². The van der Waals surface area contributed by atoms with Crippen LogP contribution in [0, 0.1) is 13.8 Å². The van der Waals surface area contributed by atoms with E-state index in [2.05, 4.69) is 10.3 Å². The van der Waals surface area contributed by atoms with Crippen LogP contribution < -0.4 is 11.1 Å². The van der Waals surface area contributed by atoms with Crippen molar-refractivity contribution < 1.29 is 13.9 Å². The molecule has 1 aliphatic heterocycles. The van der Waals surface area contributed by atoms with Crippen LogP contribution in [0.25, 0.3) is 11.5 Å². The number of nitrogens with zero attached hydrogens (tertiary/aromatic N) is 1. The highest BCUT2D eigenvalue weighted by molar-refractivity contribution is 5.94. The minimum atomic E-state index is -0.432. The molecule has 2 aromatic rings. The normalized spacial score (nSPS) is 19.8. The van der Waals surface area contributed by atoms with Gasteiger partial charge in [-0.1, -0.05) is 6.07 Å². The fourth-order valence-corrected chi connectivity index (χ4v) is 2.62. The molecule has 1 fully saturated rings. The van der Waals surface area contributed by atoms with Gasteiger partial charge in [-0.15, -0.1) is 12.4 Å². The van der Waals surface area contributed by atoms with Gasteiger partial charge >= 0.3 is 0 Å². The van der Waals surface area contributed by atoms with E-state index >= 15 is 0 Å². The van der Waals surface area contributed by atoms with Crippen molar-refractivity contribution in [2.45, 2.75) is 38.9 Å². The summed E-state index contributed by atoms with van der Waals surface area (Å²) in [6.07, 6.45) is 1.07. The van der Waals surface area contributed by atoms with Gasteiger partial charge in [0.05, 0.1) is 11.8 Å². The monoisotopic (exact) mass is 351 g/mol. The average Bonchev–Trinajstić information content (AvgIpc) is 3.15. The molecule has 1 amide bonds. The van der Waals surface area contributed by atoms with Crippen LogP contribution in [0.2, 0.25) is 0 Å². The molecule has 130 valence electrons. The number of nitrogens with one attached hydrogen (secondary N) is 1. The van der Waals surface area contributed by atoms with Crippen molar-refractivity contribution in [2.24, 2.45) is 5.73 Å². The number of ether oxygens (including phenoxy) is 1. The van der Waals surface area contributed by atoms with Gasteiger partial charge in [-0.3, -0.25) is 4.79 Å². The van der Waals surface area contributed by atoms with Crippen molar-refractivity contribution in [1.82, 2.24) is 4.98 Å². The third kappa shape index (κ3) is 3.95. The van der Waals surface area contributed by atoms with E-state index in [1.807, 2.05) is 38.1 Å². The number of carbonyl (C=O) groups is 1. The van der Waals surface area contributed by atoms with E-state index in [1.165, 1.54) is 0 Å². The topological polar surface area (TPSA) is 90.4 Å². The second kappa shape index (κ2) is 7.79. The van der Waals surface area contributed by atoms with Gasteiger partial charge in [-0.25, -0.2) is 4.98 Å². The molecule has 1 aromatic carbocycles. The maximum Gasteiger partial charge on any atom is 0.253 e. The molecule has 0 aliphatic carbocycles. The van der Waals surface area contributed by atoms with Crippen molar-refractivity contribution in [3.8, 4) is 11.5 Å². The summed E-state index contributed by atoms with van der Waals surface area (Å²) >= 11 is 0. The molecule has 7 heteroatoms. The maximum atomic E-state index is 12.3. The van der Waals surface area contributed by atoms with Gasteiger partial charge in [0.2, 0.25) is 5.89 Å². The van der Waals surface area contributed by atoms with E-state index in [0.29, 0.717) is 24.5 Å². The number of rotatable bonds is 4. The molecule has 1 aliphatic rings. The minimum Gasteiger partial charge on any atom is -0.441 e. The van der Waals surface area contributed by atoms with E-state index in [9.17, 15) is 4.79 Å². The molecule has 0 spiro atoms. The average molecular weight is 352 g/mol. The Morgan fingerprint density at radius 3 is 2.79 bits per heavy atom. The predicted octanol–water partition coefficient (Wildman–Crippen LogP) is 2.83. The van der Waals surface area contributed by atoms with Gasteiger partial charge in [0.25, 0.3) is 5.91 Å². The lowest BCUT2D eigenvalue weighted by Crippen LogP contribution is -2.29. The number of amides is 1. The molecular weight excluding hydrogens is 330 g/mol. The van der Waals surface area contributed by atoms with Crippen molar-refractivity contribution in [1.29, 1.82) is 0 Å². The zero-order valence-electron chi connectivity index (χ0n) is 13.7. The molecule has 0 unspecified atom stereocenters. The fraction of sp³-hybridized carbons (Fsp3) is 0.412. The summed E-state index contributed by atoms with van der Waals surface area (Å²) in [5.74, 6) is 1.20. The molecule has 2 heterocycles. The molecule has 2 atom stereocenters. The van der Waals surface area contributed by atoms with Crippen LogP contribution in [0.3, 0.4) is 0 Å². The second-order valence-electron chi connectivity index (χ2n) is 5.79. The Morgan fingerprint density at radius 2 is 2.17 bits per heavy atom. The molecule has 3 rings (SSSR count). The third-order valence-corrected chi connectivity index (χ3v) is 4.07. The molecular formula is C17H22ClN3O3. The minimum absolute atomic E-state index is 0. The number of benzene rings is 1. The molecule has 3 N–H and O–H groups in total. The number of halogens is 1. The molecule has 0 radical (unpaired) electrons. The van der Waals surface area contributed by atoms with Crippen molar-refractivity contribution >= 4 is 24.0 Å². The standard InChI is InChI=1S/C17H21N3O3.ClH/c1-10-11(2)22-17(19-10)12-4-3-5-13(8-12)20-16(21)15-7-6-14(9-18)23-15;/h3-5,8,14-15H,6-7,9,18H2,1-2H3,(H,20,21);1H/t14-,15+;/m1./s1. The van der Waals surface area contributed by atoms with Crippen LogP contribution >= 0.6 is 12.4 Å². The van der Waals surface area contributed by atoms with E-state index in [1.54, 1.807) is 0 Å². The van der Waals surface area contributed by atoms with Gasteiger partial charge in [0, 0.05) is 17.8 Å². The van der Waals surface area contributed by atoms with Gasteiger partial charge in [-0.2, -0.15) is 0 Å². The summed E-state index contributed by atoms with van der Waals surface area (Å²) < 4.78 is 11.2. The molecule has 6 nitrogen and oxygen atoms in total. The lowest BCUT2D eigenvalue weighted by molar-refractivity contribution is -0.126. The number of anilines is 1. The SMILES string of the molecule is Cc1nc(-c2cccc(NC(=O)[C@@H]3CC[C@H](CN)O3)c2)oc1C.Cl. The summed E-state index contributed by atoms with van der Waals surface area (Å²) in [7, 11) is 0. The molecule has 0 bridgehead atoms. The van der Waals surface area contributed by atoms with E-state index in [0.717, 1.165) is 23.4 Å². The maximum absolute atomic E-state index is 12.3. The number of carbonyl (C=O) groups excluding carboxylic acids is 1. The summed E-state index contributed by atoms with van der Waals surface area (Å²) in [6.45, 7) is 4.23. The Balaban J connectivity index is 0.00000208. The number of aryl methyl sites for hydroxylation is 2. The Kier molecular flexibility index (Phi) is 5.99. The number of nitrogens with two attached hydrogens (primary N) is 1. The lowest BCUT2D eigenvalue weighted by Gasteiger charge is -2.13. The first-order chi connectivity index (χ1) is 11.1.